The van der Waals surface area contributed by atoms with Crippen molar-refractivity contribution in [1.29, 1.82) is 0 Å². The molecule has 0 saturated carbocycles. The summed E-state index contributed by atoms with van der Waals surface area (Å²) in [6.07, 6.45) is 11.9. The average molecular weight is 344 g/mol. The number of nitrogens with zero attached hydrogens (tertiary/aromatic N) is 1. The Bertz CT molecular complexity index is 631. The highest BCUT2D eigenvalue weighted by Crippen LogP contribution is 2.22. The highest BCUT2D eigenvalue weighted by molar-refractivity contribution is 5.75. The van der Waals surface area contributed by atoms with Crippen molar-refractivity contribution >= 4 is 17.1 Å². The first-order chi connectivity index (χ1) is 12.3. The smallest absolute Gasteiger partial charge is 0.295 e. The van der Waals surface area contributed by atoms with Crippen molar-refractivity contribution in [3.63, 3.8) is 0 Å². The first kappa shape index (κ1) is 18.2. The van der Waals surface area contributed by atoms with Crippen molar-refractivity contribution in [2.45, 2.75) is 64.7 Å². The summed E-state index contributed by atoms with van der Waals surface area (Å²) in [7, 11) is 0. The normalized spacial score (nSPS) is 17.4. The summed E-state index contributed by atoms with van der Waals surface area (Å²) in [5.41, 5.74) is 3.24. The molecule has 4 nitrogen and oxygen atoms in total. The molecule has 1 aromatic heterocycles. The maximum Gasteiger partial charge on any atom is 0.295 e. The molecule has 0 radical (unpaired) electrons. The van der Waals surface area contributed by atoms with Gasteiger partial charge in [0.25, 0.3) is 6.01 Å². The zero-order valence-electron chi connectivity index (χ0n) is 15.7. The molecule has 0 spiro atoms. The van der Waals surface area contributed by atoms with Crippen molar-refractivity contribution in [3.8, 4) is 0 Å². The van der Waals surface area contributed by atoms with Gasteiger partial charge in [-0.1, -0.05) is 51.5 Å². The van der Waals surface area contributed by atoms with Gasteiger partial charge in [-0.25, -0.2) is 0 Å². The van der Waals surface area contributed by atoms with E-state index >= 15 is 0 Å². The molecule has 2 N–H and O–H groups in total. The van der Waals surface area contributed by atoms with Crippen molar-refractivity contribution < 1.29 is 4.42 Å². The lowest BCUT2D eigenvalue weighted by atomic mass is 10.0. The lowest BCUT2D eigenvalue weighted by Gasteiger charge is -2.07. The molecule has 1 saturated heterocycles. The number of fused-ring (bicyclic) bond motifs is 1. The van der Waals surface area contributed by atoms with Crippen LogP contribution in [0.15, 0.2) is 22.6 Å². The minimum atomic E-state index is 0.662. The summed E-state index contributed by atoms with van der Waals surface area (Å²) in [6.45, 7) is 5.43. The maximum absolute atomic E-state index is 5.82. The minimum absolute atomic E-state index is 0.662. The summed E-state index contributed by atoms with van der Waals surface area (Å²) in [6, 6.07) is 7.12. The third-order valence-corrected chi connectivity index (χ3v) is 5.23. The molecule has 1 fully saturated rings. The molecule has 25 heavy (non-hydrogen) atoms. The molecular weight excluding hydrogens is 310 g/mol. The van der Waals surface area contributed by atoms with Gasteiger partial charge in [0.05, 0.1) is 0 Å². The summed E-state index contributed by atoms with van der Waals surface area (Å²) < 4.78 is 5.82. The van der Waals surface area contributed by atoms with Crippen LogP contribution < -0.4 is 10.6 Å². The molecule has 1 aromatic carbocycles. The third-order valence-electron chi connectivity index (χ3n) is 5.23. The predicted molar refractivity (Wildman–Crippen MR) is 105 cm³/mol. The van der Waals surface area contributed by atoms with Gasteiger partial charge in [-0.2, -0.15) is 4.98 Å². The van der Waals surface area contributed by atoms with Crippen LogP contribution in [0.3, 0.4) is 0 Å². The van der Waals surface area contributed by atoms with E-state index in [1.165, 1.54) is 56.9 Å². The zero-order chi connectivity index (χ0) is 17.3. The Labute approximate surface area is 151 Å². The van der Waals surface area contributed by atoms with E-state index in [4.69, 9.17) is 4.42 Å². The number of oxazole rings is 1. The van der Waals surface area contributed by atoms with Crippen LogP contribution in [-0.2, 0) is 6.42 Å². The van der Waals surface area contributed by atoms with Gasteiger partial charge in [0.15, 0.2) is 5.58 Å². The van der Waals surface area contributed by atoms with E-state index in [-0.39, 0.29) is 0 Å². The van der Waals surface area contributed by atoms with Crippen molar-refractivity contribution in [3.05, 3.63) is 23.8 Å². The van der Waals surface area contributed by atoms with E-state index in [1.54, 1.807) is 0 Å². The number of aromatic nitrogens is 1. The van der Waals surface area contributed by atoms with Gasteiger partial charge < -0.3 is 15.1 Å². The van der Waals surface area contributed by atoms with Crippen LogP contribution in [0, 0.1) is 5.92 Å². The Hall–Kier alpha value is -1.55. The Kier molecular flexibility index (Phi) is 7.16. The first-order valence-corrected chi connectivity index (χ1v) is 10.2. The second kappa shape index (κ2) is 9.81. The zero-order valence-corrected chi connectivity index (χ0v) is 15.7. The average Bonchev–Trinajstić information content (AvgIpc) is 3.28. The van der Waals surface area contributed by atoms with Crippen molar-refractivity contribution in [2.24, 2.45) is 5.92 Å². The molecule has 3 rings (SSSR count). The quantitative estimate of drug-likeness (QED) is 0.555. The van der Waals surface area contributed by atoms with Crippen LogP contribution in [-0.4, -0.2) is 24.6 Å². The number of anilines is 1. The summed E-state index contributed by atoms with van der Waals surface area (Å²) in [5, 5.41) is 6.74. The van der Waals surface area contributed by atoms with Crippen LogP contribution >= 0.6 is 0 Å². The first-order valence-electron chi connectivity index (χ1n) is 10.2. The number of hydrogen-bond acceptors (Lipinski definition) is 4. The Balaban J connectivity index is 1.43. The second-order valence-electron chi connectivity index (χ2n) is 7.43. The fourth-order valence-corrected chi connectivity index (χ4v) is 3.61. The molecule has 2 aromatic rings. The Morgan fingerprint density at radius 3 is 2.80 bits per heavy atom. The fourth-order valence-electron chi connectivity index (χ4n) is 3.61. The van der Waals surface area contributed by atoms with Gasteiger partial charge in [-0.15, -0.1) is 0 Å². The number of benzene rings is 1. The van der Waals surface area contributed by atoms with Crippen LogP contribution in [0.5, 0.6) is 0 Å². The van der Waals surface area contributed by atoms with E-state index < -0.39 is 0 Å². The van der Waals surface area contributed by atoms with Gasteiger partial charge in [0, 0.05) is 6.54 Å². The van der Waals surface area contributed by atoms with E-state index in [1.807, 2.05) is 0 Å². The van der Waals surface area contributed by atoms with Crippen molar-refractivity contribution in [1.82, 2.24) is 10.3 Å². The van der Waals surface area contributed by atoms with Gasteiger partial charge in [-0.05, 0) is 56.0 Å². The summed E-state index contributed by atoms with van der Waals surface area (Å²) in [4.78, 5) is 4.61. The molecule has 0 bridgehead atoms. The topological polar surface area (TPSA) is 50.1 Å². The molecule has 1 aliphatic rings. The molecule has 4 heteroatoms. The van der Waals surface area contributed by atoms with E-state index in [9.17, 15) is 0 Å². The highest BCUT2D eigenvalue weighted by atomic mass is 16.4. The molecule has 1 atom stereocenters. The minimum Gasteiger partial charge on any atom is -0.424 e. The van der Waals surface area contributed by atoms with E-state index in [0.717, 1.165) is 37.2 Å². The molecule has 138 valence electrons. The van der Waals surface area contributed by atoms with Gasteiger partial charge in [0.2, 0.25) is 0 Å². The molecule has 0 aliphatic carbocycles. The standard InChI is InChI=1S/C21H33N3O/c1-2-3-4-5-6-7-8-9-17-10-11-20-19(14-17)24-21(25-20)23-16-18-12-13-22-15-18/h10-11,14,18,22H,2-9,12-13,15-16H2,1H3,(H,23,24)/t18-/m0/s1. The Morgan fingerprint density at radius 1 is 1.16 bits per heavy atom. The number of rotatable bonds is 11. The van der Waals surface area contributed by atoms with Crippen LogP contribution in [0.4, 0.5) is 6.01 Å². The fraction of sp³-hybridized carbons (Fsp3) is 0.667. The Morgan fingerprint density at radius 2 is 2.00 bits per heavy atom. The van der Waals surface area contributed by atoms with Gasteiger partial charge in [0.1, 0.15) is 5.52 Å². The number of hydrogen-bond donors (Lipinski definition) is 2. The number of nitrogens with one attached hydrogen (secondary N) is 2. The predicted octanol–water partition coefficient (Wildman–Crippen LogP) is 5.14. The number of unbranched alkanes of at least 4 members (excludes halogenated alkanes) is 6. The van der Waals surface area contributed by atoms with E-state index in [2.05, 4.69) is 40.7 Å². The lowest BCUT2D eigenvalue weighted by Crippen LogP contribution is -2.17. The molecule has 1 aliphatic heterocycles. The van der Waals surface area contributed by atoms with Crippen LogP contribution in [0.25, 0.3) is 11.1 Å². The van der Waals surface area contributed by atoms with Crippen molar-refractivity contribution in [2.75, 3.05) is 25.0 Å². The monoisotopic (exact) mass is 343 g/mol. The second-order valence-corrected chi connectivity index (χ2v) is 7.43. The maximum atomic E-state index is 5.82. The summed E-state index contributed by atoms with van der Waals surface area (Å²) in [5.74, 6) is 0.683. The molecular formula is C21H33N3O. The molecule has 0 unspecified atom stereocenters. The number of aryl methyl sites for hydroxylation is 1. The SMILES string of the molecule is CCCCCCCCCc1ccc2oc(NC[C@H]3CCNC3)nc2c1. The molecule has 2 heterocycles. The van der Waals surface area contributed by atoms with Crippen LogP contribution in [0.2, 0.25) is 0 Å². The molecule has 0 amide bonds. The summed E-state index contributed by atoms with van der Waals surface area (Å²) >= 11 is 0. The van der Waals surface area contributed by atoms with Crippen LogP contribution in [0.1, 0.15) is 63.9 Å². The van der Waals surface area contributed by atoms with Gasteiger partial charge >= 0.3 is 0 Å². The largest absolute Gasteiger partial charge is 0.424 e. The highest BCUT2D eigenvalue weighted by Gasteiger charge is 2.15. The van der Waals surface area contributed by atoms with E-state index in [0.29, 0.717) is 11.9 Å². The third kappa shape index (κ3) is 5.74. The lowest BCUT2D eigenvalue weighted by molar-refractivity contribution is 0.574. The van der Waals surface area contributed by atoms with Gasteiger partial charge in [-0.3, -0.25) is 0 Å².